The SMILES string of the molecule is C.CC(C)(C)[Si](C)(C)OCCc1[c-]ccc(Cl)c1F.CCCc1c(Br)ccc(Cl)c1F.CCOC.COC=Cc1c(Br)ccc(Cl)c1F.Fc1cc(Br)ccc1Cl.O=CCc1c(Br)ccc(Cl)c1F.O=Cc1c(Br)ccc(Cl)c1F.OCCc1c(Br)ccc(Cl)c1F.[B].[CH2-]CCC.[H-].[Li+].[Li+].[Na+]. The molecule has 7 rings (SSSR count). The Kier molecular flexibility index (Phi) is 71.5. The average Bonchev–Trinajstić information content (AvgIpc) is 0.880. The number of aldehydes is 2. The molecule has 0 aromatic heterocycles. The summed E-state index contributed by atoms with van der Waals surface area (Å²) in [5.41, 5.74) is 2.24. The topological polar surface area (TPSA) is 82.1 Å². The standard InChI is InChI=1S/C14H21ClFOSi.C9H7BrClFO.C9H9BrClF.C8H7BrClFO.C8H5BrClFO.C7H3BrClFO.C6H3BrClF.C4H9.C3H8O.CH4.B.2Li.Na.H/c1-14(2,3)18(4,5)17-10-9-11-7-6-8-12(15)13(11)16;1-13-5-4-6-7(10)2-3-8(11)9(6)12;1-2-3-6-7(10)4-5-8(11)9(6)12;2*9-6-1-2-7(10)8(11)5(6)3-4-12;8-5-1-2-6(9)7(10)4(5)3-11;7-4-1-2-5(8)6(9)3-4;2*1-3-4-2;;;;;;/h6,8H,9-10H2,1-5H3;2-5H,1H3;4-5H,2-3H2,1H3;1-2,12H,3-4H2;1-2,4H,3H2;1-3H;1-3H;1,3-4H2,2H3;3H2,1-2H3;1H4;;;;;/q-1;;;;;;;-1;;;;3*+1;-1. The van der Waals surface area contributed by atoms with Crippen LogP contribution in [-0.2, 0) is 44.4 Å². The number of carbonyl (C=O) groups excluding carboxylic acids is 2. The first kappa shape index (κ1) is 114. The third-order valence-electron chi connectivity index (χ3n) is 12.3. The summed E-state index contributed by atoms with van der Waals surface area (Å²) in [6, 6.07) is 26.1. The van der Waals surface area contributed by atoms with Crippen molar-refractivity contribution in [3.05, 3.63) is 246 Å². The third-order valence-corrected chi connectivity index (χ3v) is 23.0. The summed E-state index contributed by atoms with van der Waals surface area (Å²) in [6.45, 7) is 21.9. The molecule has 100 heavy (non-hydrogen) atoms. The van der Waals surface area contributed by atoms with E-state index in [-0.39, 0.29) is 161 Å². The van der Waals surface area contributed by atoms with Crippen LogP contribution in [0, 0.1) is 53.7 Å². The summed E-state index contributed by atoms with van der Waals surface area (Å²) >= 11 is 57.7. The summed E-state index contributed by atoms with van der Waals surface area (Å²) in [5.74, 6) is -3.20. The molecule has 0 bridgehead atoms. The molecule has 0 fully saturated rings. The largest absolute Gasteiger partial charge is 1.00 e. The van der Waals surface area contributed by atoms with E-state index in [0.29, 0.717) is 82.2 Å². The van der Waals surface area contributed by atoms with Crippen LogP contribution in [0.3, 0.4) is 0 Å². The predicted octanol–water partition coefficient (Wildman–Crippen LogP) is 18.6. The van der Waals surface area contributed by atoms with Gasteiger partial charge in [-0.15, -0.1) is 23.2 Å². The van der Waals surface area contributed by atoms with E-state index in [1.807, 2.05) is 13.8 Å². The Morgan fingerprint density at radius 2 is 0.960 bits per heavy atom. The van der Waals surface area contributed by atoms with Crippen LogP contribution in [0.4, 0.5) is 30.7 Å². The van der Waals surface area contributed by atoms with Crippen LogP contribution in [0.1, 0.15) is 108 Å². The molecule has 0 saturated carbocycles. The molecule has 3 radical (unpaired) electrons. The van der Waals surface area contributed by atoms with E-state index in [9.17, 15) is 40.3 Å². The zero-order valence-corrected chi connectivity index (χ0v) is 74.7. The maximum absolute atomic E-state index is 13.6. The van der Waals surface area contributed by atoms with Gasteiger partial charge in [0.05, 0.1) is 49.1 Å². The van der Waals surface area contributed by atoms with E-state index in [2.05, 4.69) is 159 Å². The van der Waals surface area contributed by atoms with Crippen LogP contribution in [0.5, 0.6) is 0 Å². The minimum absolute atomic E-state index is 0. The van der Waals surface area contributed by atoms with Gasteiger partial charge in [0.2, 0.25) is 0 Å². The van der Waals surface area contributed by atoms with E-state index in [1.54, 1.807) is 49.6 Å². The first-order valence-corrected chi connectivity index (χ1v) is 38.5. The minimum Gasteiger partial charge on any atom is -1.00 e. The molecule has 0 aliphatic heterocycles. The van der Waals surface area contributed by atoms with Gasteiger partial charge in [-0.3, -0.25) is 9.18 Å². The summed E-state index contributed by atoms with van der Waals surface area (Å²) in [6.07, 6.45) is 8.68. The second kappa shape index (κ2) is 63.0. The molecule has 0 heterocycles. The minimum atomic E-state index is -1.76. The van der Waals surface area contributed by atoms with Crippen molar-refractivity contribution in [2.45, 2.75) is 112 Å². The molecule has 0 amide bonds. The smallest absolute Gasteiger partial charge is 1.00 e. The van der Waals surface area contributed by atoms with E-state index in [1.165, 1.54) is 74.4 Å². The molecule has 0 aliphatic rings. The number of aliphatic hydroxyl groups is 1. The van der Waals surface area contributed by atoms with Gasteiger partial charge in [-0.05, 0) is 150 Å². The van der Waals surface area contributed by atoms with Gasteiger partial charge in [-0.25, -0.2) is 26.3 Å². The van der Waals surface area contributed by atoms with Crippen molar-refractivity contribution < 1.29 is 128 Å². The quantitative estimate of drug-likeness (QED) is 0.0275. The Labute approximate surface area is 723 Å². The van der Waals surface area contributed by atoms with E-state index >= 15 is 0 Å². The van der Waals surface area contributed by atoms with Crippen molar-refractivity contribution in [3.63, 3.8) is 0 Å². The van der Waals surface area contributed by atoms with E-state index < -0.39 is 37.4 Å². The van der Waals surface area contributed by atoms with Gasteiger partial charge in [0.15, 0.2) is 20.4 Å². The molecule has 0 atom stereocenters. The van der Waals surface area contributed by atoms with Gasteiger partial charge in [0, 0.05) is 96.7 Å². The second-order valence-corrected chi connectivity index (χ2v) is 33.0. The first-order valence-electron chi connectivity index (χ1n) is 28.2. The van der Waals surface area contributed by atoms with Crippen LogP contribution in [0.25, 0.3) is 6.08 Å². The molecule has 1 N–H and O–H groups in total. The Balaban J connectivity index is -0.000000163. The van der Waals surface area contributed by atoms with Crippen molar-refractivity contribution >= 4 is 212 Å². The van der Waals surface area contributed by atoms with Crippen molar-refractivity contribution in [1.29, 1.82) is 0 Å². The molecule has 6 nitrogen and oxygen atoms in total. The second-order valence-electron chi connectivity index (χ2n) is 20.2. The van der Waals surface area contributed by atoms with Crippen LogP contribution in [0.2, 0.25) is 53.3 Å². The number of ether oxygens (including phenoxy) is 2. The number of carbonyl (C=O) groups is 2. The molecule has 7 aromatic carbocycles. The van der Waals surface area contributed by atoms with Crippen LogP contribution < -0.4 is 67.3 Å². The fourth-order valence-electron chi connectivity index (χ4n) is 6.05. The zero-order valence-electron chi connectivity index (χ0n) is 57.9. The number of rotatable bonds is 15. The zero-order chi connectivity index (χ0) is 73.3. The number of hydrogen-bond acceptors (Lipinski definition) is 6. The predicted molar refractivity (Wildman–Crippen MR) is 419 cm³/mol. The summed E-state index contributed by atoms with van der Waals surface area (Å²) in [7, 11) is 1.41. The number of halogens is 20. The van der Waals surface area contributed by atoms with Crippen molar-refractivity contribution in [3.8, 4) is 0 Å². The number of aliphatic hydroxyl groups excluding tert-OH is 1. The Morgan fingerprint density at radius 1 is 0.580 bits per heavy atom. The van der Waals surface area contributed by atoms with Gasteiger partial charge in [-0.2, -0.15) is 18.6 Å². The summed E-state index contributed by atoms with van der Waals surface area (Å²) in [4.78, 5) is 20.4. The number of unbranched alkanes of at least 4 members (excludes halogenated alkanes) is 1. The van der Waals surface area contributed by atoms with Crippen molar-refractivity contribution in [2.75, 3.05) is 34.0 Å². The van der Waals surface area contributed by atoms with Gasteiger partial charge >= 0.3 is 67.3 Å². The fraction of sp³-hybridized carbons (Fsp3) is 0.319. The van der Waals surface area contributed by atoms with E-state index in [4.69, 9.17) is 90.7 Å². The van der Waals surface area contributed by atoms with Gasteiger partial charge in [-0.1, -0.05) is 204 Å². The molecular weight excluding hydrogens is 1860 g/mol. The van der Waals surface area contributed by atoms with Crippen molar-refractivity contribution in [2.24, 2.45) is 0 Å². The van der Waals surface area contributed by atoms with Crippen LogP contribution in [-0.4, -0.2) is 68.4 Å². The Hall–Kier alpha value is 0.197. The van der Waals surface area contributed by atoms with Crippen LogP contribution >= 0.6 is 177 Å². The first-order chi connectivity index (χ1) is 44.5. The molecule has 0 spiro atoms. The molecule has 31 heteroatoms. The molecule has 0 unspecified atom stereocenters. The molecule has 0 saturated heterocycles. The maximum Gasteiger partial charge on any atom is 1.00 e. The fourth-order valence-corrected chi connectivity index (χ4v) is 10.9. The monoisotopic (exact) mass is 1930 g/mol. The summed E-state index contributed by atoms with van der Waals surface area (Å²) < 4.78 is 111. The van der Waals surface area contributed by atoms with Crippen LogP contribution in [0.15, 0.2) is 124 Å². The third kappa shape index (κ3) is 44.0. The normalized spacial score (nSPS) is 9.92. The number of methoxy groups -OCH3 is 2. The Morgan fingerprint density at radius 3 is 1.32 bits per heavy atom. The van der Waals surface area contributed by atoms with E-state index in [0.717, 1.165) is 23.9 Å². The molecular formula is C69H77BBr6Cl7F7Li2NaO6Si. The van der Waals surface area contributed by atoms with Gasteiger partial charge in [0.25, 0.3) is 0 Å². The number of hydrogen-bond donors (Lipinski definition) is 1. The van der Waals surface area contributed by atoms with Gasteiger partial charge in [0.1, 0.15) is 35.4 Å². The average molecular weight is 1940 g/mol. The maximum atomic E-state index is 13.6. The number of benzene rings is 7. The molecule has 7 aromatic rings. The van der Waals surface area contributed by atoms with Gasteiger partial charge < -0.3 is 32.2 Å². The molecule has 0 aliphatic carbocycles. The van der Waals surface area contributed by atoms with Crippen molar-refractivity contribution in [1.82, 2.24) is 0 Å². The summed E-state index contributed by atoms with van der Waals surface area (Å²) in [5, 5.41) is 9.47. The Bertz CT molecular complexity index is 3460. The molecule has 539 valence electrons.